The second kappa shape index (κ2) is 5.17. The molecular formula is C10H13ClFNO. The highest BCUT2D eigenvalue weighted by molar-refractivity contribution is 6.32. The zero-order chi connectivity index (χ0) is 10.6. The molecule has 0 spiro atoms. The van der Waals surface area contributed by atoms with Crippen molar-refractivity contribution in [1.82, 2.24) is 0 Å². The molecule has 1 aromatic carbocycles. The molecule has 2 nitrogen and oxygen atoms in total. The molecule has 0 aliphatic carbocycles. The first kappa shape index (κ1) is 11.3. The first-order valence-corrected chi connectivity index (χ1v) is 4.79. The van der Waals surface area contributed by atoms with Crippen LogP contribution in [0.1, 0.15) is 6.92 Å². The predicted molar refractivity (Wildman–Crippen MR) is 55.1 cm³/mol. The molecule has 0 radical (unpaired) electrons. The Bertz CT molecular complexity index is 286. The van der Waals surface area contributed by atoms with Crippen molar-refractivity contribution in [2.24, 2.45) is 11.7 Å². The van der Waals surface area contributed by atoms with E-state index >= 15 is 0 Å². The first-order valence-electron chi connectivity index (χ1n) is 4.42. The Balaban J connectivity index is 2.66. The number of hydrogen-bond donors (Lipinski definition) is 1. The first-order chi connectivity index (χ1) is 6.65. The normalized spacial score (nSPS) is 12.6. The fourth-order valence-corrected chi connectivity index (χ4v) is 1.13. The van der Waals surface area contributed by atoms with Crippen LogP contribution in [-0.2, 0) is 0 Å². The van der Waals surface area contributed by atoms with Gasteiger partial charge in [0.25, 0.3) is 0 Å². The van der Waals surface area contributed by atoms with E-state index in [2.05, 4.69) is 0 Å². The van der Waals surface area contributed by atoms with E-state index in [0.29, 0.717) is 13.2 Å². The summed E-state index contributed by atoms with van der Waals surface area (Å²) in [4.78, 5) is 0. The van der Waals surface area contributed by atoms with Crippen LogP contribution < -0.4 is 10.5 Å². The fraction of sp³-hybridized carbons (Fsp3) is 0.400. The predicted octanol–water partition coefficient (Wildman–Crippen LogP) is 2.45. The van der Waals surface area contributed by atoms with Crippen LogP contribution in [-0.4, -0.2) is 13.2 Å². The quantitative estimate of drug-likeness (QED) is 0.841. The summed E-state index contributed by atoms with van der Waals surface area (Å²) in [6.45, 7) is 2.80. The molecule has 14 heavy (non-hydrogen) atoms. The van der Waals surface area contributed by atoms with Crippen molar-refractivity contribution in [2.75, 3.05) is 13.2 Å². The van der Waals surface area contributed by atoms with Crippen LogP contribution in [0.5, 0.6) is 5.75 Å². The van der Waals surface area contributed by atoms with Gasteiger partial charge in [-0.3, -0.25) is 0 Å². The molecule has 0 aliphatic heterocycles. The van der Waals surface area contributed by atoms with Crippen molar-refractivity contribution in [3.63, 3.8) is 0 Å². The lowest BCUT2D eigenvalue weighted by Gasteiger charge is -2.12. The lowest BCUT2D eigenvalue weighted by Crippen LogP contribution is -2.18. The van der Waals surface area contributed by atoms with Gasteiger partial charge in [0.1, 0.15) is 0 Å². The minimum absolute atomic E-state index is 0.106. The average Bonchev–Trinajstić information content (AvgIpc) is 2.16. The van der Waals surface area contributed by atoms with Crippen molar-refractivity contribution < 1.29 is 9.13 Å². The average molecular weight is 218 g/mol. The van der Waals surface area contributed by atoms with Crippen LogP contribution in [0.3, 0.4) is 0 Å². The highest BCUT2D eigenvalue weighted by Gasteiger charge is 2.09. The van der Waals surface area contributed by atoms with Gasteiger partial charge >= 0.3 is 0 Å². The highest BCUT2D eigenvalue weighted by atomic mass is 35.5. The zero-order valence-electron chi connectivity index (χ0n) is 7.97. The molecule has 0 fully saturated rings. The second-order valence-corrected chi connectivity index (χ2v) is 3.61. The number of nitrogens with two attached hydrogens (primary N) is 1. The second-order valence-electron chi connectivity index (χ2n) is 3.20. The van der Waals surface area contributed by atoms with Crippen LogP contribution in [0, 0.1) is 11.7 Å². The van der Waals surface area contributed by atoms with Crippen LogP contribution in [0.4, 0.5) is 4.39 Å². The number of para-hydroxylation sites is 1. The summed E-state index contributed by atoms with van der Waals surface area (Å²) in [6, 6.07) is 4.44. The summed E-state index contributed by atoms with van der Waals surface area (Å²) in [5, 5.41) is 0.286. The molecule has 0 bridgehead atoms. The van der Waals surface area contributed by atoms with Crippen molar-refractivity contribution in [1.29, 1.82) is 0 Å². The Morgan fingerprint density at radius 3 is 2.86 bits per heavy atom. The molecule has 0 saturated heterocycles. The topological polar surface area (TPSA) is 35.2 Å². The van der Waals surface area contributed by atoms with E-state index in [1.165, 1.54) is 12.1 Å². The third-order valence-corrected chi connectivity index (χ3v) is 2.13. The molecule has 78 valence electrons. The van der Waals surface area contributed by atoms with Crippen LogP contribution in [0.25, 0.3) is 0 Å². The lowest BCUT2D eigenvalue weighted by molar-refractivity contribution is 0.253. The number of halogens is 2. The minimum atomic E-state index is -0.443. The van der Waals surface area contributed by atoms with Gasteiger partial charge < -0.3 is 10.5 Å². The summed E-state index contributed by atoms with van der Waals surface area (Å²) in [7, 11) is 0. The van der Waals surface area contributed by atoms with Gasteiger partial charge in [0.05, 0.1) is 11.6 Å². The van der Waals surface area contributed by atoms with Crippen molar-refractivity contribution >= 4 is 11.6 Å². The summed E-state index contributed by atoms with van der Waals surface area (Å²) in [5.74, 6) is -0.151. The van der Waals surface area contributed by atoms with Crippen molar-refractivity contribution in [3.8, 4) is 5.75 Å². The molecule has 1 rings (SSSR count). The Morgan fingerprint density at radius 2 is 2.29 bits per heavy atom. The Morgan fingerprint density at radius 1 is 1.57 bits per heavy atom. The molecule has 4 heteroatoms. The summed E-state index contributed by atoms with van der Waals surface area (Å²) >= 11 is 5.76. The Labute approximate surface area is 87.8 Å². The van der Waals surface area contributed by atoms with E-state index in [4.69, 9.17) is 22.1 Å². The van der Waals surface area contributed by atoms with Gasteiger partial charge in [-0.1, -0.05) is 24.6 Å². The van der Waals surface area contributed by atoms with E-state index in [-0.39, 0.29) is 16.7 Å². The number of rotatable bonds is 4. The molecule has 1 aromatic rings. The monoisotopic (exact) mass is 217 g/mol. The van der Waals surface area contributed by atoms with Crippen molar-refractivity contribution in [2.45, 2.75) is 6.92 Å². The molecular weight excluding hydrogens is 205 g/mol. The maximum atomic E-state index is 13.2. The minimum Gasteiger partial charge on any atom is -0.489 e. The third kappa shape index (κ3) is 2.86. The highest BCUT2D eigenvalue weighted by Crippen LogP contribution is 2.27. The van der Waals surface area contributed by atoms with Gasteiger partial charge in [-0.25, -0.2) is 4.39 Å². The smallest absolute Gasteiger partial charge is 0.173 e. The van der Waals surface area contributed by atoms with Gasteiger partial charge in [-0.05, 0) is 18.7 Å². The van der Waals surface area contributed by atoms with E-state index in [0.717, 1.165) is 0 Å². The Hall–Kier alpha value is -0.800. The fourth-order valence-electron chi connectivity index (χ4n) is 0.914. The molecule has 0 aromatic heterocycles. The molecule has 1 unspecified atom stereocenters. The molecule has 0 amide bonds. The Kier molecular flexibility index (Phi) is 4.17. The van der Waals surface area contributed by atoms with Crippen molar-refractivity contribution in [3.05, 3.63) is 29.0 Å². The lowest BCUT2D eigenvalue weighted by atomic mass is 10.2. The molecule has 2 N–H and O–H groups in total. The van der Waals surface area contributed by atoms with Gasteiger partial charge in [0.15, 0.2) is 11.6 Å². The summed E-state index contributed by atoms with van der Waals surface area (Å²) in [6.07, 6.45) is 0. The molecule has 0 aliphatic rings. The molecule has 1 atom stereocenters. The van der Waals surface area contributed by atoms with Crippen LogP contribution in [0.2, 0.25) is 5.02 Å². The van der Waals surface area contributed by atoms with Gasteiger partial charge in [-0.15, -0.1) is 0 Å². The van der Waals surface area contributed by atoms with E-state index in [1.54, 1.807) is 6.07 Å². The number of ether oxygens (including phenoxy) is 1. The van der Waals surface area contributed by atoms with E-state index in [9.17, 15) is 4.39 Å². The largest absolute Gasteiger partial charge is 0.489 e. The molecule has 0 saturated carbocycles. The maximum absolute atomic E-state index is 13.2. The SMILES string of the molecule is CC(CN)COc1c(F)cccc1Cl. The van der Waals surface area contributed by atoms with E-state index < -0.39 is 5.82 Å². The standard InChI is InChI=1S/C10H13ClFNO/c1-7(5-13)6-14-10-8(11)3-2-4-9(10)12/h2-4,7H,5-6,13H2,1H3. The van der Waals surface area contributed by atoms with E-state index in [1.807, 2.05) is 6.92 Å². The zero-order valence-corrected chi connectivity index (χ0v) is 8.72. The summed E-state index contributed by atoms with van der Waals surface area (Å²) in [5.41, 5.74) is 5.41. The number of benzene rings is 1. The summed E-state index contributed by atoms with van der Waals surface area (Å²) < 4.78 is 18.4. The van der Waals surface area contributed by atoms with Crippen LogP contribution in [0.15, 0.2) is 18.2 Å². The maximum Gasteiger partial charge on any atom is 0.173 e. The van der Waals surface area contributed by atoms with Gasteiger partial charge in [-0.2, -0.15) is 0 Å². The van der Waals surface area contributed by atoms with Gasteiger partial charge in [0.2, 0.25) is 0 Å². The van der Waals surface area contributed by atoms with Gasteiger partial charge in [0, 0.05) is 5.92 Å². The number of hydrogen-bond acceptors (Lipinski definition) is 2. The van der Waals surface area contributed by atoms with Crippen LogP contribution >= 0.6 is 11.6 Å². The third-order valence-electron chi connectivity index (χ3n) is 1.83. The molecule has 0 heterocycles.